The fourth-order valence-electron chi connectivity index (χ4n) is 1.29. The lowest BCUT2D eigenvalue weighted by molar-refractivity contribution is 0.0240. The van der Waals surface area contributed by atoms with Gasteiger partial charge >= 0.3 is 0 Å². The molecule has 0 amide bonds. The van der Waals surface area contributed by atoms with Gasteiger partial charge in [-0.25, -0.2) is 4.68 Å². The molecule has 106 valence electrons. The van der Waals surface area contributed by atoms with Crippen LogP contribution < -0.4 is 10.9 Å². The van der Waals surface area contributed by atoms with Crippen molar-refractivity contribution in [1.29, 1.82) is 0 Å². The number of hydrogen-bond donors (Lipinski definition) is 2. The van der Waals surface area contributed by atoms with Gasteiger partial charge in [-0.3, -0.25) is 4.79 Å². The van der Waals surface area contributed by atoms with Crippen LogP contribution in [-0.4, -0.2) is 26.0 Å². The summed E-state index contributed by atoms with van der Waals surface area (Å²) in [5.74, 6) is 0. The summed E-state index contributed by atoms with van der Waals surface area (Å²) in [5, 5.41) is 17.3. The zero-order valence-corrected chi connectivity index (χ0v) is 13.3. The summed E-state index contributed by atoms with van der Waals surface area (Å²) in [4.78, 5) is 12.0. The Morgan fingerprint density at radius 1 is 1.53 bits per heavy atom. The van der Waals surface area contributed by atoms with Gasteiger partial charge in [0.1, 0.15) is 4.47 Å². The number of hydrogen-bond acceptors (Lipinski definition) is 4. The Balaban J connectivity index is 3.15. The van der Waals surface area contributed by atoms with Gasteiger partial charge in [0.25, 0.3) is 5.56 Å². The normalized spacial score (nSPS) is 12.3. The highest BCUT2D eigenvalue weighted by Gasteiger charge is 2.35. The van der Waals surface area contributed by atoms with Crippen molar-refractivity contribution >= 4 is 21.6 Å². The molecule has 0 saturated carbocycles. The zero-order valence-electron chi connectivity index (χ0n) is 11.7. The predicted octanol–water partition coefficient (Wildman–Crippen LogP) is 2.15. The third-order valence-electron chi connectivity index (χ3n) is 3.26. The first kappa shape index (κ1) is 15.9. The SMILES string of the molecule is C=CCn1ncc(NC(C)(C)C(C)(C)O)c(Br)c1=O. The smallest absolute Gasteiger partial charge is 0.283 e. The largest absolute Gasteiger partial charge is 0.388 e. The Morgan fingerprint density at radius 2 is 2.11 bits per heavy atom. The Morgan fingerprint density at radius 3 is 2.58 bits per heavy atom. The van der Waals surface area contributed by atoms with Crippen molar-refractivity contribution in [2.75, 3.05) is 5.32 Å². The molecule has 6 heteroatoms. The number of rotatable bonds is 5. The average Bonchev–Trinajstić information content (AvgIpc) is 2.27. The molecule has 0 radical (unpaired) electrons. The Kier molecular flexibility index (Phi) is 4.58. The second-order valence-electron chi connectivity index (χ2n) is 5.46. The van der Waals surface area contributed by atoms with Gasteiger partial charge in [-0.05, 0) is 43.6 Å². The van der Waals surface area contributed by atoms with Gasteiger partial charge in [0.05, 0.1) is 29.6 Å². The predicted molar refractivity (Wildman–Crippen MR) is 80.4 cm³/mol. The second kappa shape index (κ2) is 5.46. The van der Waals surface area contributed by atoms with Crippen molar-refractivity contribution in [3.63, 3.8) is 0 Å². The van der Waals surface area contributed by atoms with Gasteiger partial charge in [-0.2, -0.15) is 5.10 Å². The molecule has 19 heavy (non-hydrogen) atoms. The van der Waals surface area contributed by atoms with E-state index in [2.05, 4.69) is 32.9 Å². The highest BCUT2D eigenvalue weighted by molar-refractivity contribution is 9.10. The number of allylic oxidation sites excluding steroid dienone is 1. The minimum atomic E-state index is -0.956. The van der Waals surface area contributed by atoms with E-state index in [9.17, 15) is 9.90 Å². The number of halogens is 1. The van der Waals surface area contributed by atoms with Crippen LogP contribution in [0.2, 0.25) is 0 Å². The molecule has 0 aliphatic carbocycles. The average molecular weight is 330 g/mol. The van der Waals surface area contributed by atoms with Crippen LogP contribution in [0.15, 0.2) is 28.1 Å². The molecule has 0 spiro atoms. The topological polar surface area (TPSA) is 67.2 Å². The van der Waals surface area contributed by atoms with E-state index in [1.54, 1.807) is 26.1 Å². The Hall–Kier alpha value is -1.14. The molecule has 1 rings (SSSR count). The fraction of sp³-hybridized carbons (Fsp3) is 0.538. The summed E-state index contributed by atoms with van der Waals surface area (Å²) >= 11 is 3.27. The Bertz CT molecular complexity index is 530. The maximum atomic E-state index is 12.0. The lowest BCUT2D eigenvalue weighted by Gasteiger charge is -2.38. The minimum Gasteiger partial charge on any atom is -0.388 e. The van der Waals surface area contributed by atoms with Crippen LogP contribution >= 0.6 is 15.9 Å². The van der Waals surface area contributed by atoms with Crippen molar-refractivity contribution in [2.45, 2.75) is 45.4 Å². The maximum absolute atomic E-state index is 12.0. The number of aliphatic hydroxyl groups is 1. The summed E-state index contributed by atoms with van der Waals surface area (Å²) in [5.41, 5.74) is -1.26. The molecule has 5 nitrogen and oxygen atoms in total. The molecule has 0 unspecified atom stereocenters. The summed E-state index contributed by atoms with van der Waals surface area (Å²) in [6, 6.07) is 0. The fourth-order valence-corrected chi connectivity index (χ4v) is 1.70. The van der Waals surface area contributed by atoms with Gasteiger partial charge in [0.2, 0.25) is 0 Å². The first-order chi connectivity index (χ1) is 8.60. The van der Waals surface area contributed by atoms with Crippen molar-refractivity contribution in [3.8, 4) is 0 Å². The number of anilines is 1. The summed E-state index contributed by atoms with van der Waals surface area (Å²) in [7, 11) is 0. The second-order valence-corrected chi connectivity index (χ2v) is 6.25. The third kappa shape index (κ3) is 3.45. The van der Waals surface area contributed by atoms with Gasteiger partial charge in [0, 0.05) is 0 Å². The molecule has 0 aromatic carbocycles. The molecule has 2 N–H and O–H groups in total. The first-order valence-corrected chi connectivity index (χ1v) is 6.76. The van der Waals surface area contributed by atoms with Crippen LogP contribution in [0, 0.1) is 0 Å². The van der Waals surface area contributed by atoms with E-state index in [0.29, 0.717) is 16.7 Å². The van der Waals surface area contributed by atoms with Crippen LogP contribution in [-0.2, 0) is 6.54 Å². The highest BCUT2D eigenvalue weighted by Crippen LogP contribution is 2.28. The molecule has 0 aliphatic rings. The molecule has 1 heterocycles. The highest BCUT2D eigenvalue weighted by atomic mass is 79.9. The first-order valence-electron chi connectivity index (χ1n) is 5.97. The monoisotopic (exact) mass is 329 g/mol. The molecular formula is C13H20BrN3O2. The van der Waals surface area contributed by atoms with Crippen molar-refractivity contribution in [3.05, 3.63) is 33.7 Å². The third-order valence-corrected chi connectivity index (χ3v) is 4.03. The molecule has 0 aliphatic heterocycles. The van der Waals surface area contributed by atoms with Crippen LogP contribution in [0.5, 0.6) is 0 Å². The van der Waals surface area contributed by atoms with E-state index in [4.69, 9.17) is 0 Å². The van der Waals surface area contributed by atoms with Crippen LogP contribution in [0.25, 0.3) is 0 Å². The summed E-state index contributed by atoms with van der Waals surface area (Å²) in [6.45, 7) is 11.1. The zero-order chi connectivity index (χ0) is 14.8. The van der Waals surface area contributed by atoms with Crippen LogP contribution in [0.3, 0.4) is 0 Å². The van der Waals surface area contributed by atoms with E-state index >= 15 is 0 Å². The van der Waals surface area contributed by atoms with Crippen molar-refractivity contribution in [2.24, 2.45) is 0 Å². The number of aromatic nitrogens is 2. The standard InChI is InChI=1S/C13H20BrN3O2/c1-6-7-17-11(18)10(14)9(8-15-17)16-12(2,3)13(4,5)19/h6,8,16,19H,1,7H2,2-5H3. The van der Waals surface area contributed by atoms with Crippen LogP contribution in [0.1, 0.15) is 27.7 Å². The molecule has 0 bridgehead atoms. The molecule has 1 aromatic rings. The lowest BCUT2D eigenvalue weighted by atomic mass is 9.86. The van der Waals surface area contributed by atoms with Gasteiger partial charge in [-0.1, -0.05) is 6.08 Å². The van der Waals surface area contributed by atoms with Gasteiger partial charge in [0.15, 0.2) is 0 Å². The molecule has 0 fully saturated rings. The lowest BCUT2D eigenvalue weighted by Crippen LogP contribution is -2.51. The molecule has 0 atom stereocenters. The van der Waals surface area contributed by atoms with Crippen molar-refractivity contribution < 1.29 is 5.11 Å². The number of nitrogens with one attached hydrogen (secondary N) is 1. The van der Waals surface area contributed by atoms with Gasteiger partial charge in [-0.15, -0.1) is 6.58 Å². The number of nitrogens with zero attached hydrogens (tertiary/aromatic N) is 2. The summed E-state index contributed by atoms with van der Waals surface area (Å²) in [6.07, 6.45) is 3.16. The molecular weight excluding hydrogens is 310 g/mol. The van der Waals surface area contributed by atoms with Gasteiger partial charge < -0.3 is 10.4 Å². The van der Waals surface area contributed by atoms with Crippen LogP contribution in [0.4, 0.5) is 5.69 Å². The quantitative estimate of drug-likeness (QED) is 0.812. The van der Waals surface area contributed by atoms with E-state index < -0.39 is 11.1 Å². The van der Waals surface area contributed by atoms with E-state index in [-0.39, 0.29) is 5.56 Å². The molecule has 1 aromatic heterocycles. The summed E-state index contributed by atoms with van der Waals surface area (Å²) < 4.78 is 1.70. The minimum absolute atomic E-state index is 0.239. The van der Waals surface area contributed by atoms with E-state index in [1.165, 1.54) is 4.68 Å². The van der Waals surface area contributed by atoms with Crippen molar-refractivity contribution in [1.82, 2.24) is 9.78 Å². The molecule has 0 saturated heterocycles. The van der Waals surface area contributed by atoms with E-state index in [0.717, 1.165) is 0 Å². The Labute approximate surface area is 121 Å². The maximum Gasteiger partial charge on any atom is 0.283 e. The van der Waals surface area contributed by atoms with E-state index in [1.807, 2.05) is 13.8 Å².